The molecule has 0 aromatic heterocycles. The Balaban J connectivity index is 1.19. The molecule has 27 heavy (non-hydrogen) atoms. The number of unbranched alkanes of at least 4 members (excludes halogenated alkanes) is 1. The van der Waals surface area contributed by atoms with E-state index in [1.807, 2.05) is 0 Å². The molecule has 0 amide bonds. The Morgan fingerprint density at radius 2 is 1.89 bits per heavy atom. The average molecular weight is 369 g/mol. The van der Waals surface area contributed by atoms with Crippen LogP contribution in [0.1, 0.15) is 56.1 Å². The zero-order valence-corrected chi connectivity index (χ0v) is 17.2. The van der Waals surface area contributed by atoms with Crippen molar-refractivity contribution in [2.24, 2.45) is 0 Å². The van der Waals surface area contributed by atoms with Crippen LogP contribution in [0.2, 0.25) is 0 Å². The third-order valence-electron chi connectivity index (χ3n) is 6.83. The zero-order chi connectivity index (χ0) is 18.6. The largest absolute Gasteiger partial charge is 0.369 e. The fraction of sp³-hybridized carbons (Fsp3) is 0.652. The number of benzene rings is 1. The number of anilines is 1. The number of hydrogen-bond donors (Lipinski definition) is 2. The highest BCUT2D eigenvalue weighted by Gasteiger charge is 2.26. The zero-order valence-electron chi connectivity index (χ0n) is 17.2. The van der Waals surface area contributed by atoms with Crippen LogP contribution in [0, 0.1) is 13.8 Å². The first-order chi connectivity index (χ1) is 13.2. The molecule has 0 bridgehead atoms. The number of rotatable bonds is 6. The van der Waals surface area contributed by atoms with Gasteiger partial charge in [0.2, 0.25) is 0 Å². The smallest absolute Gasteiger partial charge is 0.0489 e. The van der Waals surface area contributed by atoms with Gasteiger partial charge in [0.15, 0.2) is 0 Å². The number of piperazine rings is 1. The number of nitrogens with zero attached hydrogens (tertiary/aromatic N) is 2. The molecule has 0 radical (unpaired) electrons. The predicted molar refractivity (Wildman–Crippen MR) is 114 cm³/mol. The Hall–Kier alpha value is -1.52. The van der Waals surface area contributed by atoms with Crippen LogP contribution in [0.5, 0.6) is 0 Å². The van der Waals surface area contributed by atoms with Crippen LogP contribution in [-0.2, 0) is 0 Å². The summed E-state index contributed by atoms with van der Waals surface area (Å²) in [6.07, 6.45) is 9.22. The van der Waals surface area contributed by atoms with Gasteiger partial charge in [-0.05, 0) is 81.7 Å². The summed E-state index contributed by atoms with van der Waals surface area (Å²) >= 11 is 0. The second-order valence-electron chi connectivity index (χ2n) is 8.58. The van der Waals surface area contributed by atoms with Crippen molar-refractivity contribution in [3.8, 4) is 0 Å². The molecule has 0 spiro atoms. The molecule has 1 atom stereocenters. The van der Waals surface area contributed by atoms with E-state index in [9.17, 15) is 0 Å². The van der Waals surface area contributed by atoms with E-state index in [-0.39, 0.29) is 0 Å². The van der Waals surface area contributed by atoms with E-state index < -0.39 is 0 Å². The van der Waals surface area contributed by atoms with Crippen molar-refractivity contribution >= 4 is 5.69 Å². The molecule has 1 unspecified atom stereocenters. The molecule has 2 fully saturated rings. The van der Waals surface area contributed by atoms with Crippen molar-refractivity contribution in [2.75, 3.05) is 37.6 Å². The molecule has 4 heteroatoms. The molecule has 1 saturated carbocycles. The van der Waals surface area contributed by atoms with Crippen LogP contribution in [0.3, 0.4) is 0 Å². The van der Waals surface area contributed by atoms with E-state index in [0.29, 0.717) is 6.04 Å². The summed E-state index contributed by atoms with van der Waals surface area (Å²) in [5.41, 5.74) is 14.4. The number of hydrogen-bond acceptors (Lipinski definition) is 4. The van der Waals surface area contributed by atoms with Crippen molar-refractivity contribution < 1.29 is 0 Å². The lowest BCUT2D eigenvalue weighted by Gasteiger charge is -2.37. The summed E-state index contributed by atoms with van der Waals surface area (Å²) in [7, 11) is 0. The maximum atomic E-state index is 3.49. The van der Waals surface area contributed by atoms with Gasteiger partial charge in [-0.3, -0.25) is 4.90 Å². The second-order valence-corrected chi connectivity index (χ2v) is 8.58. The lowest BCUT2D eigenvalue weighted by atomic mass is 9.89. The Bertz CT molecular complexity index is 673. The molecule has 2 heterocycles. The Kier molecular flexibility index (Phi) is 6.04. The topological polar surface area (TPSA) is 30.5 Å². The van der Waals surface area contributed by atoms with Crippen LogP contribution in [0.4, 0.5) is 5.69 Å². The molecular weight excluding hydrogens is 332 g/mol. The Labute approximate surface area is 165 Å². The standard InChI is InChI=1S/C23H36N4/c1-18-8-7-12-23(19(18)2)27-16-14-26(15-17-27)13-6-5-11-22-20-9-3-4-10-21(20)24-25-22/h7-8,12,21,24-25H,3-6,9-11,13-17H2,1-2H3. The predicted octanol–water partition coefficient (Wildman–Crippen LogP) is 3.90. The van der Waals surface area contributed by atoms with E-state index in [1.54, 1.807) is 5.57 Å². The van der Waals surface area contributed by atoms with E-state index in [2.05, 4.69) is 52.7 Å². The average Bonchev–Trinajstić information content (AvgIpc) is 3.11. The highest BCUT2D eigenvalue weighted by Crippen LogP contribution is 2.30. The number of nitrogens with one attached hydrogen (secondary N) is 2. The van der Waals surface area contributed by atoms with Gasteiger partial charge in [0, 0.05) is 43.6 Å². The maximum Gasteiger partial charge on any atom is 0.0489 e. The number of aryl methyl sites for hydroxylation is 1. The molecule has 148 valence electrons. The van der Waals surface area contributed by atoms with E-state index in [0.717, 1.165) is 13.1 Å². The van der Waals surface area contributed by atoms with Crippen molar-refractivity contribution in [3.63, 3.8) is 0 Å². The first kappa shape index (κ1) is 18.8. The van der Waals surface area contributed by atoms with Crippen LogP contribution < -0.4 is 15.8 Å². The summed E-state index contributed by atoms with van der Waals surface area (Å²) < 4.78 is 0. The summed E-state index contributed by atoms with van der Waals surface area (Å²) in [4.78, 5) is 5.23. The lowest BCUT2D eigenvalue weighted by Crippen LogP contribution is -2.46. The van der Waals surface area contributed by atoms with Crippen LogP contribution in [-0.4, -0.2) is 43.7 Å². The molecule has 4 rings (SSSR count). The number of fused-ring (bicyclic) bond motifs is 1. The monoisotopic (exact) mass is 368 g/mol. The third-order valence-corrected chi connectivity index (χ3v) is 6.83. The van der Waals surface area contributed by atoms with Crippen molar-refractivity contribution in [1.29, 1.82) is 0 Å². The second kappa shape index (κ2) is 8.66. The van der Waals surface area contributed by atoms with E-state index in [4.69, 9.17) is 0 Å². The molecule has 1 aliphatic carbocycles. The molecule has 4 nitrogen and oxygen atoms in total. The van der Waals surface area contributed by atoms with Gasteiger partial charge in [-0.2, -0.15) is 0 Å². The summed E-state index contributed by atoms with van der Waals surface area (Å²) in [5.74, 6) is 0. The van der Waals surface area contributed by atoms with Gasteiger partial charge in [-0.1, -0.05) is 18.6 Å². The molecular formula is C23H36N4. The number of hydrazine groups is 1. The van der Waals surface area contributed by atoms with Gasteiger partial charge in [-0.25, -0.2) is 5.43 Å². The maximum absolute atomic E-state index is 3.49. The van der Waals surface area contributed by atoms with Crippen LogP contribution >= 0.6 is 0 Å². The lowest BCUT2D eigenvalue weighted by molar-refractivity contribution is 0.252. The summed E-state index contributed by atoms with van der Waals surface area (Å²) in [5, 5.41) is 0. The van der Waals surface area contributed by atoms with E-state index >= 15 is 0 Å². The molecule has 2 aliphatic heterocycles. The van der Waals surface area contributed by atoms with E-state index in [1.165, 1.54) is 87.1 Å². The minimum absolute atomic E-state index is 0.631. The van der Waals surface area contributed by atoms with Gasteiger partial charge in [0.05, 0.1) is 0 Å². The van der Waals surface area contributed by atoms with Gasteiger partial charge >= 0.3 is 0 Å². The highest BCUT2D eigenvalue weighted by molar-refractivity contribution is 5.56. The van der Waals surface area contributed by atoms with Crippen LogP contribution in [0.15, 0.2) is 29.5 Å². The summed E-state index contributed by atoms with van der Waals surface area (Å²) in [6.45, 7) is 10.4. The Morgan fingerprint density at radius 1 is 1.04 bits per heavy atom. The summed E-state index contributed by atoms with van der Waals surface area (Å²) in [6, 6.07) is 7.33. The quantitative estimate of drug-likeness (QED) is 0.746. The molecule has 2 N–H and O–H groups in total. The van der Waals surface area contributed by atoms with Gasteiger partial charge < -0.3 is 10.3 Å². The molecule has 1 aromatic rings. The van der Waals surface area contributed by atoms with Crippen molar-refractivity contribution in [3.05, 3.63) is 40.6 Å². The normalized spacial score (nSPS) is 23.5. The SMILES string of the molecule is Cc1cccc(N2CCN(CCCCC3=C4CCCCC4NN3)CC2)c1C. The highest BCUT2D eigenvalue weighted by atomic mass is 15.4. The molecule has 1 saturated heterocycles. The fourth-order valence-electron chi connectivity index (χ4n) is 4.94. The Morgan fingerprint density at radius 3 is 2.74 bits per heavy atom. The first-order valence-corrected chi connectivity index (χ1v) is 11.0. The number of allylic oxidation sites excluding steroid dienone is 1. The van der Waals surface area contributed by atoms with Gasteiger partial charge in [0.25, 0.3) is 0 Å². The van der Waals surface area contributed by atoms with Crippen molar-refractivity contribution in [2.45, 2.75) is 64.8 Å². The molecule has 3 aliphatic rings. The molecule has 1 aromatic carbocycles. The minimum atomic E-state index is 0.631. The fourth-order valence-corrected chi connectivity index (χ4v) is 4.94. The minimum Gasteiger partial charge on any atom is -0.369 e. The van der Waals surface area contributed by atoms with Crippen LogP contribution in [0.25, 0.3) is 0 Å². The first-order valence-electron chi connectivity index (χ1n) is 11.0. The van der Waals surface area contributed by atoms with Crippen molar-refractivity contribution in [1.82, 2.24) is 15.8 Å². The third kappa shape index (κ3) is 4.33. The van der Waals surface area contributed by atoms with Gasteiger partial charge in [0.1, 0.15) is 0 Å². The van der Waals surface area contributed by atoms with Gasteiger partial charge in [-0.15, -0.1) is 0 Å².